The van der Waals surface area contributed by atoms with Crippen LogP contribution in [0.25, 0.3) is 0 Å². The summed E-state index contributed by atoms with van der Waals surface area (Å²) in [4.78, 5) is 12.6. The van der Waals surface area contributed by atoms with E-state index < -0.39 is 0 Å². The molecule has 4 saturated carbocycles. The van der Waals surface area contributed by atoms with Crippen LogP contribution in [0.1, 0.15) is 111 Å². The molecule has 0 aromatic rings. The highest BCUT2D eigenvalue weighted by molar-refractivity contribution is 5.69. The second kappa shape index (κ2) is 8.75. The molecule has 0 amide bonds. The Morgan fingerprint density at radius 1 is 1.09 bits per heavy atom. The topological polar surface area (TPSA) is 46.5 Å². The van der Waals surface area contributed by atoms with E-state index in [9.17, 15) is 9.90 Å². The molecule has 0 radical (unpaired) electrons. The number of aliphatic hydroxyl groups is 1. The summed E-state index contributed by atoms with van der Waals surface area (Å²) in [5.74, 6) is 3.61. The van der Waals surface area contributed by atoms with Gasteiger partial charge in [-0.05, 0) is 99.2 Å². The molecular formula is C29H46O3. The molecule has 8 atom stereocenters. The molecule has 0 aromatic carbocycles. The Balaban J connectivity index is 1.24. The average Bonchev–Trinajstić information content (AvgIpc) is 3.40. The number of rotatable bonds is 5. The molecule has 180 valence electrons. The van der Waals surface area contributed by atoms with Crippen LogP contribution in [0.3, 0.4) is 0 Å². The largest absolute Gasteiger partial charge is 0.462 e. The van der Waals surface area contributed by atoms with Gasteiger partial charge in [-0.1, -0.05) is 51.2 Å². The number of hydrogen-bond donors (Lipinski definition) is 1. The lowest BCUT2D eigenvalue weighted by Gasteiger charge is -2.58. The van der Waals surface area contributed by atoms with Crippen LogP contribution in [0.5, 0.6) is 0 Å². The van der Waals surface area contributed by atoms with Gasteiger partial charge in [-0.3, -0.25) is 4.79 Å². The van der Waals surface area contributed by atoms with Gasteiger partial charge in [0.25, 0.3) is 0 Å². The van der Waals surface area contributed by atoms with E-state index in [1.54, 1.807) is 5.57 Å². The lowest BCUT2D eigenvalue weighted by molar-refractivity contribution is -0.155. The van der Waals surface area contributed by atoms with Crippen molar-refractivity contribution in [2.45, 2.75) is 123 Å². The van der Waals surface area contributed by atoms with Gasteiger partial charge < -0.3 is 9.84 Å². The summed E-state index contributed by atoms with van der Waals surface area (Å²) < 4.78 is 6.08. The molecule has 0 saturated heterocycles. The number of esters is 1. The Morgan fingerprint density at radius 2 is 1.88 bits per heavy atom. The maximum absolute atomic E-state index is 12.6. The predicted octanol–water partition coefficient (Wildman–Crippen LogP) is 6.83. The van der Waals surface area contributed by atoms with Crippen molar-refractivity contribution in [3.05, 3.63) is 11.6 Å². The van der Waals surface area contributed by atoms with E-state index >= 15 is 0 Å². The van der Waals surface area contributed by atoms with Crippen LogP contribution in [-0.4, -0.2) is 23.3 Å². The predicted molar refractivity (Wildman–Crippen MR) is 128 cm³/mol. The maximum Gasteiger partial charge on any atom is 0.306 e. The molecule has 32 heavy (non-hydrogen) atoms. The Hall–Kier alpha value is -0.830. The van der Waals surface area contributed by atoms with Crippen LogP contribution in [0.4, 0.5) is 0 Å². The number of ether oxygens (including phenoxy) is 1. The summed E-state index contributed by atoms with van der Waals surface area (Å²) in [7, 11) is 0. The highest BCUT2D eigenvalue weighted by Crippen LogP contribution is 2.66. The summed E-state index contributed by atoms with van der Waals surface area (Å²) in [5.41, 5.74) is 2.17. The molecule has 3 heteroatoms. The maximum atomic E-state index is 12.6. The summed E-state index contributed by atoms with van der Waals surface area (Å²) >= 11 is 0. The highest BCUT2D eigenvalue weighted by atomic mass is 16.5. The molecule has 0 aromatic heterocycles. The lowest BCUT2D eigenvalue weighted by atomic mass is 9.47. The van der Waals surface area contributed by atoms with Crippen molar-refractivity contribution in [3.63, 3.8) is 0 Å². The van der Waals surface area contributed by atoms with Crippen molar-refractivity contribution in [1.29, 1.82) is 0 Å². The fourth-order valence-electron chi connectivity index (χ4n) is 9.42. The number of fused-ring (bicyclic) bond motifs is 5. The zero-order valence-corrected chi connectivity index (χ0v) is 20.8. The third-order valence-electron chi connectivity index (χ3n) is 11.3. The van der Waals surface area contributed by atoms with Crippen LogP contribution in [-0.2, 0) is 9.53 Å². The van der Waals surface area contributed by atoms with Crippen LogP contribution in [0, 0.1) is 40.4 Å². The van der Waals surface area contributed by atoms with Gasteiger partial charge in [0.05, 0.1) is 6.10 Å². The molecule has 0 spiro atoms. The smallest absolute Gasteiger partial charge is 0.306 e. The van der Waals surface area contributed by atoms with Crippen molar-refractivity contribution in [2.24, 2.45) is 40.4 Å². The highest BCUT2D eigenvalue weighted by Gasteiger charge is 2.59. The molecule has 5 aliphatic rings. The first-order chi connectivity index (χ1) is 15.3. The molecule has 5 aliphatic carbocycles. The number of hydrogen-bond acceptors (Lipinski definition) is 3. The van der Waals surface area contributed by atoms with Crippen LogP contribution >= 0.6 is 0 Å². The molecule has 4 fully saturated rings. The first-order valence-corrected chi connectivity index (χ1v) is 13.9. The van der Waals surface area contributed by atoms with Gasteiger partial charge >= 0.3 is 5.97 Å². The Morgan fingerprint density at radius 3 is 2.66 bits per heavy atom. The van der Waals surface area contributed by atoms with Crippen molar-refractivity contribution < 1.29 is 14.6 Å². The summed E-state index contributed by atoms with van der Waals surface area (Å²) in [6.45, 7) is 7.21. The SMILES string of the molecule is CC(OC(=O)CCC1CCCC1)C1CCC2C3CC=C4CC(O)CCC4(C)C3CCC12C. The minimum atomic E-state index is -0.125. The quantitative estimate of drug-likeness (QED) is 0.375. The van der Waals surface area contributed by atoms with Crippen molar-refractivity contribution in [1.82, 2.24) is 0 Å². The molecule has 3 nitrogen and oxygen atoms in total. The molecule has 5 rings (SSSR count). The number of carbonyl (C=O) groups is 1. The van der Waals surface area contributed by atoms with E-state index in [2.05, 4.69) is 26.8 Å². The van der Waals surface area contributed by atoms with Gasteiger partial charge in [-0.25, -0.2) is 0 Å². The van der Waals surface area contributed by atoms with Crippen LogP contribution in [0.2, 0.25) is 0 Å². The Bertz CT molecular complexity index is 737. The number of allylic oxidation sites excluding steroid dienone is 1. The van der Waals surface area contributed by atoms with Crippen molar-refractivity contribution in [3.8, 4) is 0 Å². The van der Waals surface area contributed by atoms with Gasteiger partial charge in [0.2, 0.25) is 0 Å². The normalized spacial score (nSPS) is 44.9. The van der Waals surface area contributed by atoms with Gasteiger partial charge in [0, 0.05) is 12.3 Å². The van der Waals surface area contributed by atoms with Crippen molar-refractivity contribution in [2.75, 3.05) is 0 Å². The number of carbonyl (C=O) groups excluding carboxylic acids is 1. The first-order valence-electron chi connectivity index (χ1n) is 13.9. The molecule has 0 bridgehead atoms. The van der Waals surface area contributed by atoms with E-state index in [1.807, 2.05) is 0 Å². The standard InChI is InChI=1S/C29H46O3/c1-19(32-27(31)13-8-20-6-4-5-7-20)24-11-12-25-23-10-9-21-18-22(30)14-16-28(21,2)26(23)15-17-29(24,25)3/h9,19-20,22-26,30H,4-8,10-18H2,1-3H3. The molecular weight excluding hydrogens is 396 g/mol. The second-order valence-corrected chi connectivity index (χ2v) is 12.8. The molecule has 1 N–H and O–H groups in total. The lowest BCUT2D eigenvalue weighted by Crippen LogP contribution is -2.51. The van der Waals surface area contributed by atoms with Gasteiger partial charge in [0.1, 0.15) is 6.10 Å². The average molecular weight is 443 g/mol. The van der Waals surface area contributed by atoms with Crippen LogP contribution < -0.4 is 0 Å². The fourth-order valence-corrected chi connectivity index (χ4v) is 9.42. The fraction of sp³-hybridized carbons (Fsp3) is 0.897. The van der Waals surface area contributed by atoms with E-state index in [0.717, 1.165) is 49.4 Å². The third-order valence-corrected chi connectivity index (χ3v) is 11.3. The van der Waals surface area contributed by atoms with E-state index in [0.29, 0.717) is 23.2 Å². The van der Waals surface area contributed by atoms with E-state index in [4.69, 9.17) is 4.74 Å². The van der Waals surface area contributed by atoms with Crippen LogP contribution in [0.15, 0.2) is 11.6 Å². The minimum Gasteiger partial charge on any atom is -0.462 e. The van der Waals surface area contributed by atoms with Gasteiger partial charge in [0.15, 0.2) is 0 Å². The monoisotopic (exact) mass is 442 g/mol. The van der Waals surface area contributed by atoms with E-state index in [-0.39, 0.29) is 18.2 Å². The zero-order chi connectivity index (χ0) is 22.5. The molecule has 0 aliphatic heterocycles. The molecule has 8 unspecified atom stereocenters. The Kier molecular flexibility index (Phi) is 6.27. The van der Waals surface area contributed by atoms with Gasteiger partial charge in [-0.2, -0.15) is 0 Å². The summed E-state index contributed by atoms with van der Waals surface area (Å²) in [5, 5.41) is 10.2. The zero-order valence-electron chi connectivity index (χ0n) is 20.8. The van der Waals surface area contributed by atoms with E-state index in [1.165, 1.54) is 57.8 Å². The summed E-state index contributed by atoms with van der Waals surface area (Å²) in [6.07, 6.45) is 18.7. The number of aliphatic hydroxyl groups excluding tert-OH is 1. The van der Waals surface area contributed by atoms with Gasteiger partial charge in [-0.15, -0.1) is 0 Å². The third kappa shape index (κ3) is 3.89. The summed E-state index contributed by atoms with van der Waals surface area (Å²) in [6, 6.07) is 0. The molecule has 0 heterocycles. The minimum absolute atomic E-state index is 0.0450. The second-order valence-electron chi connectivity index (χ2n) is 12.8. The van der Waals surface area contributed by atoms with Crippen molar-refractivity contribution >= 4 is 5.97 Å². The first kappa shape index (κ1) is 22.9. The Labute approximate surface area is 195 Å².